The first-order valence-corrected chi connectivity index (χ1v) is 4.79. The molecule has 2 rings (SSSR count). The van der Waals surface area contributed by atoms with E-state index < -0.39 is 0 Å². The molecule has 0 radical (unpaired) electrons. The van der Waals surface area contributed by atoms with E-state index in [9.17, 15) is 0 Å². The summed E-state index contributed by atoms with van der Waals surface area (Å²) in [5.74, 6) is 0. The summed E-state index contributed by atoms with van der Waals surface area (Å²) in [7, 11) is 0. The Morgan fingerprint density at radius 3 is 2.85 bits per heavy atom. The number of hydrogen-bond acceptors (Lipinski definition) is 2. The Morgan fingerprint density at radius 1 is 1.31 bits per heavy atom. The summed E-state index contributed by atoms with van der Waals surface area (Å²) in [6, 6.07) is 4.84. The fourth-order valence-electron chi connectivity index (χ4n) is 1.74. The molecular weight excluding hydrogens is 160 g/mol. The van der Waals surface area contributed by atoms with E-state index >= 15 is 0 Å². The lowest BCUT2D eigenvalue weighted by Crippen LogP contribution is -2.30. The lowest BCUT2D eigenvalue weighted by Gasteiger charge is -2.27. The van der Waals surface area contributed by atoms with Gasteiger partial charge in [0.15, 0.2) is 0 Å². The molecule has 0 aliphatic carbocycles. The highest BCUT2D eigenvalue weighted by Gasteiger charge is 2.15. The summed E-state index contributed by atoms with van der Waals surface area (Å²) in [4.78, 5) is 0. The molecule has 1 unspecified atom stereocenters. The number of aryl methyl sites for hydroxylation is 1. The standard InChI is InChI=1S/C11H16N2/c1-7-4-5-10-11(9(7)3)12-6-8(2)13-10/h4-5,8,12-13H,6H2,1-3H3. The predicted octanol–water partition coefficient (Wildman–Crippen LogP) is 2.53. The third-order valence-electron chi connectivity index (χ3n) is 2.72. The number of fused-ring (bicyclic) bond motifs is 1. The van der Waals surface area contributed by atoms with Crippen molar-refractivity contribution < 1.29 is 0 Å². The summed E-state index contributed by atoms with van der Waals surface area (Å²) in [5, 5.41) is 6.92. The average molecular weight is 176 g/mol. The van der Waals surface area contributed by atoms with E-state index in [1.165, 1.54) is 22.5 Å². The van der Waals surface area contributed by atoms with Gasteiger partial charge in [0.2, 0.25) is 0 Å². The van der Waals surface area contributed by atoms with Crippen LogP contribution in [0.15, 0.2) is 12.1 Å². The molecule has 2 heteroatoms. The van der Waals surface area contributed by atoms with Gasteiger partial charge in [0.05, 0.1) is 11.4 Å². The molecule has 1 heterocycles. The second-order valence-corrected chi connectivity index (χ2v) is 3.86. The minimum Gasteiger partial charge on any atom is -0.381 e. The lowest BCUT2D eigenvalue weighted by atomic mass is 10.0. The quantitative estimate of drug-likeness (QED) is 0.634. The fourth-order valence-corrected chi connectivity index (χ4v) is 1.74. The van der Waals surface area contributed by atoms with Gasteiger partial charge in [-0.1, -0.05) is 6.07 Å². The van der Waals surface area contributed by atoms with Crippen LogP contribution < -0.4 is 10.6 Å². The van der Waals surface area contributed by atoms with E-state index in [4.69, 9.17) is 0 Å². The van der Waals surface area contributed by atoms with E-state index in [1.807, 2.05) is 0 Å². The molecule has 2 nitrogen and oxygen atoms in total. The minimum absolute atomic E-state index is 0.523. The molecule has 0 saturated carbocycles. The van der Waals surface area contributed by atoms with Crippen molar-refractivity contribution >= 4 is 11.4 Å². The molecule has 0 aromatic heterocycles. The minimum atomic E-state index is 0.523. The number of benzene rings is 1. The highest BCUT2D eigenvalue weighted by molar-refractivity contribution is 5.75. The molecule has 0 saturated heterocycles. The maximum absolute atomic E-state index is 3.47. The van der Waals surface area contributed by atoms with Crippen LogP contribution in [0.25, 0.3) is 0 Å². The molecule has 0 spiro atoms. The molecule has 13 heavy (non-hydrogen) atoms. The molecule has 1 aromatic rings. The fraction of sp³-hybridized carbons (Fsp3) is 0.455. The van der Waals surface area contributed by atoms with Crippen molar-refractivity contribution in [1.82, 2.24) is 0 Å². The molecule has 1 aromatic carbocycles. The zero-order chi connectivity index (χ0) is 9.42. The van der Waals surface area contributed by atoms with Gasteiger partial charge in [0.25, 0.3) is 0 Å². The van der Waals surface area contributed by atoms with Crippen molar-refractivity contribution in [1.29, 1.82) is 0 Å². The molecule has 0 bridgehead atoms. The SMILES string of the molecule is Cc1ccc2c(c1C)NCC(C)N2. The predicted molar refractivity (Wildman–Crippen MR) is 57.5 cm³/mol. The first kappa shape index (κ1) is 8.42. The first-order valence-electron chi connectivity index (χ1n) is 4.79. The number of rotatable bonds is 0. The van der Waals surface area contributed by atoms with Crippen LogP contribution in [0, 0.1) is 13.8 Å². The molecule has 0 amide bonds. The van der Waals surface area contributed by atoms with Gasteiger partial charge in [-0.05, 0) is 38.0 Å². The third-order valence-corrected chi connectivity index (χ3v) is 2.72. The molecule has 1 atom stereocenters. The van der Waals surface area contributed by atoms with Crippen molar-refractivity contribution in [3.63, 3.8) is 0 Å². The van der Waals surface area contributed by atoms with Crippen LogP contribution in [-0.2, 0) is 0 Å². The Hall–Kier alpha value is -1.18. The Kier molecular flexibility index (Phi) is 1.91. The van der Waals surface area contributed by atoms with Crippen LogP contribution in [0.1, 0.15) is 18.1 Å². The van der Waals surface area contributed by atoms with E-state index in [2.05, 4.69) is 43.5 Å². The second kappa shape index (κ2) is 2.95. The third kappa shape index (κ3) is 1.37. The van der Waals surface area contributed by atoms with Crippen LogP contribution in [0.2, 0.25) is 0 Å². The van der Waals surface area contributed by atoms with Crippen molar-refractivity contribution in [2.24, 2.45) is 0 Å². The smallest absolute Gasteiger partial charge is 0.0609 e. The summed E-state index contributed by atoms with van der Waals surface area (Å²) in [6.07, 6.45) is 0. The van der Waals surface area contributed by atoms with Gasteiger partial charge in [-0.3, -0.25) is 0 Å². The second-order valence-electron chi connectivity index (χ2n) is 3.86. The summed E-state index contributed by atoms with van der Waals surface area (Å²) in [5.41, 5.74) is 5.22. The Morgan fingerprint density at radius 2 is 2.08 bits per heavy atom. The highest BCUT2D eigenvalue weighted by Crippen LogP contribution is 2.31. The Balaban J connectivity index is 2.47. The zero-order valence-electron chi connectivity index (χ0n) is 8.44. The molecule has 2 N–H and O–H groups in total. The van der Waals surface area contributed by atoms with E-state index in [-0.39, 0.29) is 0 Å². The van der Waals surface area contributed by atoms with Crippen LogP contribution in [0.4, 0.5) is 11.4 Å². The Labute approximate surface area is 79.4 Å². The van der Waals surface area contributed by atoms with Crippen molar-refractivity contribution in [3.8, 4) is 0 Å². The lowest BCUT2D eigenvalue weighted by molar-refractivity contribution is 0.816. The topological polar surface area (TPSA) is 24.1 Å². The van der Waals surface area contributed by atoms with Gasteiger partial charge in [-0.15, -0.1) is 0 Å². The summed E-state index contributed by atoms with van der Waals surface area (Å²) < 4.78 is 0. The van der Waals surface area contributed by atoms with Gasteiger partial charge in [-0.25, -0.2) is 0 Å². The van der Waals surface area contributed by atoms with Crippen molar-refractivity contribution in [2.45, 2.75) is 26.8 Å². The monoisotopic (exact) mass is 176 g/mol. The van der Waals surface area contributed by atoms with Gasteiger partial charge < -0.3 is 10.6 Å². The van der Waals surface area contributed by atoms with E-state index in [1.54, 1.807) is 0 Å². The van der Waals surface area contributed by atoms with Gasteiger partial charge >= 0.3 is 0 Å². The summed E-state index contributed by atoms with van der Waals surface area (Å²) in [6.45, 7) is 7.51. The number of nitrogens with one attached hydrogen (secondary N) is 2. The Bertz CT molecular complexity index is 331. The maximum Gasteiger partial charge on any atom is 0.0609 e. The highest BCUT2D eigenvalue weighted by atomic mass is 15.1. The maximum atomic E-state index is 3.47. The van der Waals surface area contributed by atoms with Crippen molar-refractivity contribution in [2.75, 3.05) is 17.2 Å². The van der Waals surface area contributed by atoms with Crippen LogP contribution in [0.3, 0.4) is 0 Å². The van der Waals surface area contributed by atoms with Gasteiger partial charge in [0.1, 0.15) is 0 Å². The zero-order valence-corrected chi connectivity index (χ0v) is 8.44. The molecule has 1 aliphatic rings. The van der Waals surface area contributed by atoms with Crippen LogP contribution in [0.5, 0.6) is 0 Å². The molecule has 0 fully saturated rings. The molecule has 70 valence electrons. The van der Waals surface area contributed by atoms with Crippen LogP contribution in [-0.4, -0.2) is 12.6 Å². The summed E-state index contributed by atoms with van der Waals surface area (Å²) >= 11 is 0. The number of anilines is 2. The van der Waals surface area contributed by atoms with E-state index in [0.717, 1.165) is 6.54 Å². The van der Waals surface area contributed by atoms with Crippen LogP contribution >= 0.6 is 0 Å². The molecular formula is C11H16N2. The molecule has 1 aliphatic heterocycles. The van der Waals surface area contributed by atoms with Gasteiger partial charge in [-0.2, -0.15) is 0 Å². The van der Waals surface area contributed by atoms with Gasteiger partial charge in [0, 0.05) is 12.6 Å². The first-order chi connectivity index (χ1) is 6.18. The normalized spacial score (nSPS) is 20.1. The average Bonchev–Trinajstić information content (AvgIpc) is 2.12. The van der Waals surface area contributed by atoms with E-state index in [0.29, 0.717) is 6.04 Å². The van der Waals surface area contributed by atoms with Crippen molar-refractivity contribution in [3.05, 3.63) is 23.3 Å². The number of hydrogen-bond donors (Lipinski definition) is 2. The largest absolute Gasteiger partial charge is 0.381 e.